The van der Waals surface area contributed by atoms with E-state index in [1.165, 1.54) is 22.5 Å². The second kappa shape index (κ2) is 7.82. The molecule has 0 bridgehead atoms. The van der Waals surface area contributed by atoms with E-state index in [1.807, 2.05) is 6.07 Å². The van der Waals surface area contributed by atoms with Crippen molar-refractivity contribution in [2.45, 2.75) is 6.42 Å². The van der Waals surface area contributed by atoms with Crippen LogP contribution in [-0.4, -0.2) is 26.6 Å². The summed E-state index contributed by atoms with van der Waals surface area (Å²) in [6.45, 7) is 0.493. The Labute approximate surface area is 162 Å². The highest BCUT2D eigenvalue weighted by Crippen LogP contribution is 2.24. The molecular formula is C19H16ClN3O3S. The molecule has 1 fully saturated rings. The van der Waals surface area contributed by atoms with Crippen LogP contribution in [0.2, 0.25) is 5.02 Å². The number of nitriles is 1. The summed E-state index contributed by atoms with van der Waals surface area (Å²) in [6, 6.07) is 13.6. The summed E-state index contributed by atoms with van der Waals surface area (Å²) in [4.78, 5) is 12.0. The smallest absolute Gasteiger partial charge is 0.248 e. The van der Waals surface area contributed by atoms with Gasteiger partial charge in [0, 0.05) is 18.3 Å². The van der Waals surface area contributed by atoms with E-state index in [0.29, 0.717) is 29.9 Å². The molecule has 0 radical (unpaired) electrons. The van der Waals surface area contributed by atoms with Crippen molar-refractivity contribution in [2.75, 3.05) is 21.9 Å². The van der Waals surface area contributed by atoms with Crippen molar-refractivity contribution >= 4 is 45.0 Å². The van der Waals surface area contributed by atoms with Gasteiger partial charge in [-0.1, -0.05) is 23.7 Å². The fourth-order valence-corrected chi connectivity index (χ4v) is 4.51. The number of anilines is 2. The number of carbonyl (C=O) groups excluding carboxylic acids is 1. The minimum absolute atomic E-state index is 0.175. The Balaban J connectivity index is 1.65. The molecule has 2 aromatic rings. The van der Waals surface area contributed by atoms with Crippen LogP contribution in [-0.2, 0) is 14.8 Å². The number of hydrogen-bond acceptors (Lipinski definition) is 4. The van der Waals surface area contributed by atoms with Gasteiger partial charge in [-0.05, 0) is 48.4 Å². The average Bonchev–Trinajstić information content (AvgIpc) is 3.00. The summed E-state index contributed by atoms with van der Waals surface area (Å²) < 4.78 is 25.3. The quantitative estimate of drug-likeness (QED) is 0.795. The molecule has 0 saturated carbocycles. The normalized spacial score (nSPS) is 15.6. The zero-order valence-corrected chi connectivity index (χ0v) is 15.8. The first-order valence-corrected chi connectivity index (χ1v) is 10.2. The van der Waals surface area contributed by atoms with Crippen LogP contribution in [0.5, 0.6) is 0 Å². The third kappa shape index (κ3) is 4.48. The number of carbonyl (C=O) groups is 1. The van der Waals surface area contributed by atoms with E-state index in [9.17, 15) is 13.2 Å². The van der Waals surface area contributed by atoms with Crippen molar-refractivity contribution in [3.63, 3.8) is 0 Å². The van der Waals surface area contributed by atoms with Crippen LogP contribution in [0.25, 0.3) is 6.08 Å². The van der Waals surface area contributed by atoms with Gasteiger partial charge in [-0.15, -0.1) is 0 Å². The van der Waals surface area contributed by atoms with E-state index in [-0.39, 0.29) is 16.7 Å². The zero-order chi connectivity index (χ0) is 19.4. The van der Waals surface area contributed by atoms with Gasteiger partial charge >= 0.3 is 0 Å². The number of rotatable bonds is 4. The third-order valence-corrected chi connectivity index (χ3v) is 6.25. The summed E-state index contributed by atoms with van der Waals surface area (Å²) in [5.41, 5.74) is 2.22. The lowest BCUT2D eigenvalue weighted by Crippen LogP contribution is -2.24. The van der Waals surface area contributed by atoms with Crippen molar-refractivity contribution in [1.82, 2.24) is 0 Å². The Hall–Kier alpha value is -2.82. The Bertz CT molecular complexity index is 1040. The van der Waals surface area contributed by atoms with Crippen LogP contribution in [0.15, 0.2) is 48.5 Å². The number of amides is 1. The second-order valence-electron chi connectivity index (χ2n) is 5.96. The van der Waals surface area contributed by atoms with E-state index >= 15 is 0 Å². The van der Waals surface area contributed by atoms with Crippen LogP contribution >= 0.6 is 11.6 Å². The number of nitrogens with zero attached hydrogens (tertiary/aromatic N) is 2. The van der Waals surface area contributed by atoms with Gasteiger partial charge in [0.25, 0.3) is 0 Å². The van der Waals surface area contributed by atoms with Crippen molar-refractivity contribution in [3.05, 3.63) is 64.7 Å². The van der Waals surface area contributed by atoms with Crippen molar-refractivity contribution in [2.24, 2.45) is 0 Å². The molecule has 1 N–H and O–H groups in total. The van der Waals surface area contributed by atoms with Gasteiger partial charge < -0.3 is 5.32 Å². The molecule has 1 saturated heterocycles. The summed E-state index contributed by atoms with van der Waals surface area (Å²) in [6.07, 6.45) is 3.63. The maximum atomic E-state index is 12.0. The number of sulfonamides is 1. The van der Waals surface area contributed by atoms with Crippen molar-refractivity contribution in [3.8, 4) is 6.07 Å². The van der Waals surface area contributed by atoms with E-state index < -0.39 is 10.0 Å². The molecule has 0 aromatic heterocycles. The summed E-state index contributed by atoms with van der Waals surface area (Å²) >= 11 is 5.94. The lowest BCUT2D eigenvalue weighted by molar-refractivity contribution is -0.111. The standard InChI is InChI=1S/C19H16ClN3O3S/c20-18-12-16(6-5-15(18)13-21)22-19(24)9-4-14-2-7-17(8-3-14)23-10-1-11-27(23,25)26/h2-9,12H,1,10-11H2,(H,22,24)/b9-4+. The van der Waals surface area contributed by atoms with Gasteiger partial charge in [0.1, 0.15) is 6.07 Å². The highest BCUT2D eigenvalue weighted by atomic mass is 35.5. The first-order valence-electron chi connectivity index (χ1n) is 8.18. The van der Waals surface area contributed by atoms with Gasteiger partial charge in [0.15, 0.2) is 0 Å². The molecule has 3 rings (SSSR count). The molecule has 0 spiro atoms. The number of benzene rings is 2. The molecule has 1 aliphatic rings. The molecule has 138 valence electrons. The fraction of sp³-hybridized carbons (Fsp3) is 0.158. The van der Waals surface area contributed by atoms with E-state index in [0.717, 1.165) is 5.56 Å². The predicted molar refractivity (Wildman–Crippen MR) is 106 cm³/mol. The van der Waals surface area contributed by atoms with Crippen LogP contribution < -0.4 is 9.62 Å². The van der Waals surface area contributed by atoms with E-state index in [4.69, 9.17) is 16.9 Å². The van der Waals surface area contributed by atoms with Gasteiger partial charge in [0.2, 0.25) is 15.9 Å². The van der Waals surface area contributed by atoms with Crippen molar-refractivity contribution in [1.29, 1.82) is 5.26 Å². The first-order chi connectivity index (χ1) is 12.9. The largest absolute Gasteiger partial charge is 0.322 e. The molecule has 27 heavy (non-hydrogen) atoms. The maximum Gasteiger partial charge on any atom is 0.248 e. The summed E-state index contributed by atoms with van der Waals surface area (Å²) in [7, 11) is -3.20. The molecule has 1 heterocycles. The van der Waals surface area contributed by atoms with Gasteiger partial charge in [-0.3, -0.25) is 9.10 Å². The van der Waals surface area contributed by atoms with Crippen LogP contribution in [0.3, 0.4) is 0 Å². The number of hydrogen-bond donors (Lipinski definition) is 1. The minimum Gasteiger partial charge on any atom is -0.322 e. The molecule has 2 aromatic carbocycles. The Morgan fingerprint density at radius 1 is 1.22 bits per heavy atom. The lowest BCUT2D eigenvalue weighted by atomic mass is 10.2. The fourth-order valence-electron chi connectivity index (χ4n) is 2.72. The van der Waals surface area contributed by atoms with Gasteiger partial charge in [0.05, 0.1) is 22.0 Å². The second-order valence-corrected chi connectivity index (χ2v) is 8.38. The zero-order valence-electron chi connectivity index (χ0n) is 14.2. The summed E-state index contributed by atoms with van der Waals surface area (Å²) in [5.74, 6) is -0.171. The predicted octanol–water partition coefficient (Wildman–Crippen LogP) is 3.40. The van der Waals surface area contributed by atoms with Crippen LogP contribution in [0.1, 0.15) is 17.5 Å². The molecule has 1 amide bonds. The Morgan fingerprint density at radius 3 is 2.56 bits per heavy atom. The average molecular weight is 402 g/mol. The Kier molecular flexibility index (Phi) is 5.49. The monoisotopic (exact) mass is 401 g/mol. The summed E-state index contributed by atoms with van der Waals surface area (Å²) in [5, 5.41) is 11.8. The molecule has 0 unspecified atom stereocenters. The number of nitrogens with one attached hydrogen (secondary N) is 1. The Morgan fingerprint density at radius 2 is 1.96 bits per heavy atom. The molecule has 6 nitrogen and oxygen atoms in total. The van der Waals surface area contributed by atoms with Gasteiger partial charge in [-0.2, -0.15) is 5.26 Å². The number of halogens is 1. The van der Waals surface area contributed by atoms with Crippen molar-refractivity contribution < 1.29 is 13.2 Å². The van der Waals surface area contributed by atoms with E-state index in [2.05, 4.69) is 5.32 Å². The van der Waals surface area contributed by atoms with Crippen LogP contribution in [0, 0.1) is 11.3 Å². The van der Waals surface area contributed by atoms with E-state index in [1.54, 1.807) is 36.4 Å². The maximum absolute atomic E-state index is 12.0. The molecule has 1 aliphatic heterocycles. The third-order valence-electron chi connectivity index (χ3n) is 4.06. The SMILES string of the molecule is N#Cc1ccc(NC(=O)/C=C/c2ccc(N3CCCS3(=O)=O)cc2)cc1Cl. The van der Waals surface area contributed by atoms with Gasteiger partial charge in [-0.25, -0.2) is 8.42 Å². The highest BCUT2D eigenvalue weighted by Gasteiger charge is 2.28. The molecule has 0 atom stereocenters. The molecular weight excluding hydrogens is 386 g/mol. The highest BCUT2D eigenvalue weighted by molar-refractivity contribution is 7.93. The molecule has 0 aliphatic carbocycles. The minimum atomic E-state index is -3.20. The topological polar surface area (TPSA) is 90.3 Å². The first kappa shape index (κ1) is 19.0. The molecule has 8 heteroatoms. The van der Waals surface area contributed by atoms with Crippen LogP contribution in [0.4, 0.5) is 11.4 Å². The lowest BCUT2D eigenvalue weighted by Gasteiger charge is -2.16.